The molecule has 0 aliphatic heterocycles. The van der Waals surface area contributed by atoms with E-state index < -0.39 is 0 Å². The molecule has 4 nitrogen and oxygen atoms in total. The Balaban J connectivity index is 2.18. The Bertz CT molecular complexity index is 738. The Kier molecular flexibility index (Phi) is 7.46. The van der Waals surface area contributed by atoms with Gasteiger partial charge in [0.2, 0.25) is 5.91 Å². The Morgan fingerprint density at radius 2 is 1.73 bits per heavy atom. The molecule has 0 saturated heterocycles. The van der Waals surface area contributed by atoms with Crippen LogP contribution in [0.4, 0.5) is 5.69 Å². The van der Waals surface area contributed by atoms with Crippen molar-refractivity contribution < 1.29 is 4.79 Å². The number of carbonyl (C=O) groups excluding carboxylic acids is 1. The fourth-order valence-corrected chi connectivity index (χ4v) is 3.00. The summed E-state index contributed by atoms with van der Waals surface area (Å²) >= 11 is 5.98. The second-order valence-electron chi connectivity index (χ2n) is 6.51. The molecule has 2 aromatic rings. The van der Waals surface area contributed by atoms with Crippen molar-refractivity contribution in [3.8, 4) is 11.3 Å². The summed E-state index contributed by atoms with van der Waals surface area (Å²) < 4.78 is 0. The van der Waals surface area contributed by atoms with Crippen LogP contribution in [0.3, 0.4) is 0 Å². The van der Waals surface area contributed by atoms with Crippen molar-refractivity contribution in [3.63, 3.8) is 0 Å². The molecule has 1 aromatic heterocycles. The van der Waals surface area contributed by atoms with E-state index in [-0.39, 0.29) is 5.91 Å². The molecule has 0 atom stereocenters. The zero-order valence-electron chi connectivity index (χ0n) is 16.1. The smallest absolute Gasteiger partial charge is 0.241 e. The highest BCUT2D eigenvalue weighted by molar-refractivity contribution is 6.30. The summed E-state index contributed by atoms with van der Waals surface area (Å²) in [5.41, 5.74) is 4.84. The topological polar surface area (TPSA) is 45.2 Å². The van der Waals surface area contributed by atoms with Crippen molar-refractivity contribution in [3.05, 3.63) is 46.6 Å². The number of hydrogen-bond acceptors (Lipinski definition) is 3. The molecule has 5 heteroatoms. The van der Waals surface area contributed by atoms with Crippen molar-refractivity contribution in [1.82, 2.24) is 9.88 Å². The number of rotatable bonds is 8. The normalized spacial score (nSPS) is 10.7. The van der Waals surface area contributed by atoms with Gasteiger partial charge < -0.3 is 10.2 Å². The van der Waals surface area contributed by atoms with Gasteiger partial charge in [-0.05, 0) is 50.5 Å². The maximum atomic E-state index is 12.5. The quantitative estimate of drug-likeness (QED) is 0.701. The van der Waals surface area contributed by atoms with Crippen molar-refractivity contribution in [1.29, 1.82) is 0 Å². The zero-order chi connectivity index (χ0) is 19.1. The van der Waals surface area contributed by atoms with Gasteiger partial charge in [-0.1, -0.05) is 37.6 Å². The third-order valence-corrected chi connectivity index (χ3v) is 4.68. The fraction of sp³-hybridized carbons (Fsp3) is 0.429. The van der Waals surface area contributed by atoms with E-state index in [1.54, 1.807) is 0 Å². The monoisotopic (exact) mass is 373 g/mol. The predicted molar refractivity (Wildman–Crippen MR) is 110 cm³/mol. The lowest BCUT2D eigenvalue weighted by Gasteiger charge is -2.22. The molecule has 1 heterocycles. The summed E-state index contributed by atoms with van der Waals surface area (Å²) in [6.45, 7) is 10.1. The van der Waals surface area contributed by atoms with Gasteiger partial charge in [0, 0.05) is 35.1 Å². The van der Waals surface area contributed by atoms with Crippen molar-refractivity contribution in [2.75, 3.05) is 25.0 Å². The van der Waals surface area contributed by atoms with Crippen molar-refractivity contribution in [2.45, 2.75) is 40.5 Å². The minimum Gasteiger partial charge on any atom is -0.376 e. The standard InChI is InChI=1S/C21H28ClN3O/c1-5-11-25(12-6-2)21(26)14-23-19-13-20(24-16(4)15(19)3)17-7-9-18(22)10-8-17/h7-10,13H,5-6,11-12,14H2,1-4H3,(H,23,24). The largest absolute Gasteiger partial charge is 0.376 e. The maximum Gasteiger partial charge on any atom is 0.241 e. The summed E-state index contributed by atoms with van der Waals surface area (Å²) in [5, 5.41) is 4.02. The maximum absolute atomic E-state index is 12.5. The summed E-state index contributed by atoms with van der Waals surface area (Å²) in [6.07, 6.45) is 1.94. The van der Waals surface area contributed by atoms with E-state index in [4.69, 9.17) is 11.6 Å². The Morgan fingerprint density at radius 1 is 1.12 bits per heavy atom. The molecular weight excluding hydrogens is 346 g/mol. The van der Waals surface area contributed by atoms with E-state index in [2.05, 4.69) is 24.1 Å². The lowest BCUT2D eigenvalue weighted by atomic mass is 10.1. The number of aryl methyl sites for hydroxylation is 1. The van der Waals surface area contributed by atoms with Crippen LogP contribution in [0.15, 0.2) is 30.3 Å². The number of carbonyl (C=O) groups is 1. The van der Waals surface area contributed by atoms with Crippen LogP contribution in [0.5, 0.6) is 0 Å². The van der Waals surface area contributed by atoms with Crippen molar-refractivity contribution in [2.24, 2.45) is 0 Å². The molecule has 1 aromatic carbocycles. The average molecular weight is 374 g/mol. The lowest BCUT2D eigenvalue weighted by molar-refractivity contribution is -0.129. The van der Waals surface area contributed by atoms with Crippen LogP contribution in [0, 0.1) is 13.8 Å². The highest BCUT2D eigenvalue weighted by Crippen LogP contribution is 2.26. The SMILES string of the molecule is CCCN(CCC)C(=O)CNc1cc(-c2ccc(Cl)cc2)nc(C)c1C. The van der Waals surface area contributed by atoms with Gasteiger partial charge in [0.25, 0.3) is 0 Å². The molecule has 140 valence electrons. The number of halogens is 1. The van der Waals surface area contributed by atoms with Crippen LogP contribution in [-0.2, 0) is 4.79 Å². The first-order valence-electron chi connectivity index (χ1n) is 9.22. The van der Waals surface area contributed by atoms with E-state index in [0.29, 0.717) is 11.6 Å². The van der Waals surface area contributed by atoms with E-state index in [0.717, 1.165) is 54.1 Å². The zero-order valence-corrected chi connectivity index (χ0v) is 16.9. The van der Waals surface area contributed by atoms with Crippen molar-refractivity contribution >= 4 is 23.2 Å². The van der Waals surface area contributed by atoms with Gasteiger partial charge >= 0.3 is 0 Å². The predicted octanol–water partition coefficient (Wildman–Crippen LogP) is 5.08. The number of anilines is 1. The van der Waals surface area contributed by atoms with E-state index in [1.165, 1.54) is 0 Å². The number of nitrogens with one attached hydrogen (secondary N) is 1. The molecule has 1 N–H and O–H groups in total. The second-order valence-corrected chi connectivity index (χ2v) is 6.94. The molecule has 0 unspecified atom stereocenters. The first kappa shape index (κ1) is 20.2. The summed E-state index contributed by atoms with van der Waals surface area (Å²) in [6, 6.07) is 9.63. The number of nitrogens with zero attached hydrogens (tertiary/aromatic N) is 2. The molecule has 26 heavy (non-hydrogen) atoms. The third-order valence-electron chi connectivity index (χ3n) is 4.43. The van der Waals surface area contributed by atoms with Crippen LogP contribution in [0.25, 0.3) is 11.3 Å². The number of pyridine rings is 1. The van der Waals surface area contributed by atoms with Crippen LogP contribution < -0.4 is 5.32 Å². The molecule has 0 aliphatic carbocycles. The number of benzene rings is 1. The summed E-state index contributed by atoms with van der Waals surface area (Å²) in [5.74, 6) is 0.135. The van der Waals surface area contributed by atoms with Gasteiger partial charge in [-0.3, -0.25) is 9.78 Å². The Labute approximate surface area is 161 Å². The first-order valence-corrected chi connectivity index (χ1v) is 9.59. The number of aromatic nitrogens is 1. The molecule has 0 bridgehead atoms. The van der Waals surface area contributed by atoms with Gasteiger partial charge in [-0.2, -0.15) is 0 Å². The average Bonchev–Trinajstić information content (AvgIpc) is 2.63. The molecule has 2 rings (SSSR count). The van der Waals surface area contributed by atoms with Gasteiger partial charge in [0.1, 0.15) is 0 Å². The lowest BCUT2D eigenvalue weighted by Crippen LogP contribution is -2.36. The minimum atomic E-state index is 0.135. The minimum absolute atomic E-state index is 0.135. The second kappa shape index (κ2) is 9.58. The molecule has 0 saturated carbocycles. The molecule has 0 fully saturated rings. The third kappa shape index (κ3) is 5.21. The first-order chi connectivity index (χ1) is 12.5. The molecule has 0 spiro atoms. The van der Waals surface area contributed by atoms with Crippen LogP contribution in [-0.4, -0.2) is 35.4 Å². The highest BCUT2D eigenvalue weighted by Gasteiger charge is 2.13. The van der Waals surface area contributed by atoms with Crippen LogP contribution in [0.2, 0.25) is 5.02 Å². The fourth-order valence-electron chi connectivity index (χ4n) is 2.87. The van der Waals surface area contributed by atoms with Gasteiger partial charge in [0.05, 0.1) is 12.2 Å². The van der Waals surface area contributed by atoms with Crippen LogP contribution >= 0.6 is 11.6 Å². The molecule has 1 amide bonds. The van der Waals surface area contributed by atoms with Gasteiger partial charge in [-0.25, -0.2) is 0 Å². The Hall–Kier alpha value is -2.07. The summed E-state index contributed by atoms with van der Waals surface area (Å²) in [4.78, 5) is 19.1. The molecule has 0 radical (unpaired) electrons. The van der Waals surface area contributed by atoms with E-state index in [1.807, 2.05) is 49.1 Å². The Morgan fingerprint density at radius 3 is 2.31 bits per heavy atom. The van der Waals surface area contributed by atoms with Gasteiger partial charge in [0.15, 0.2) is 0 Å². The molecule has 0 aliphatic rings. The summed E-state index contributed by atoms with van der Waals surface area (Å²) in [7, 11) is 0. The number of amides is 1. The van der Waals surface area contributed by atoms with E-state index >= 15 is 0 Å². The van der Waals surface area contributed by atoms with Crippen LogP contribution in [0.1, 0.15) is 37.9 Å². The van der Waals surface area contributed by atoms with E-state index in [9.17, 15) is 4.79 Å². The molecular formula is C21H28ClN3O. The number of hydrogen-bond donors (Lipinski definition) is 1. The highest BCUT2D eigenvalue weighted by atomic mass is 35.5. The van der Waals surface area contributed by atoms with Gasteiger partial charge in [-0.15, -0.1) is 0 Å².